The first-order chi connectivity index (χ1) is 8.99. The highest BCUT2D eigenvalue weighted by Crippen LogP contribution is 2.03. The molecular formula is C13H16N2O4. The molecule has 0 unspecified atom stereocenters. The molecule has 0 bridgehead atoms. The fourth-order valence-electron chi connectivity index (χ4n) is 1.57. The number of carboxylic acids is 1. The minimum atomic E-state index is -1.27. The molecule has 1 aromatic rings. The van der Waals surface area contributed by atoms with E-state index < -0.39 is 30.2 Å². The zero-order chi connectivity index (χ0) is 14.3. The maximum atomic E-state index is 11.6. The second-order valence-electron chi connectivity index (χ2n) is 4.11. The van der Waals surface area contributed by atoms with E-state index in [2.05, 4.69) is 5.32 Å². The van der Waals surface area contributed by atoms with Crippen molar-refractivity contribution in [3.63, 3.8) is 0 Å². The molecule has 0 fully saturated rings. The van der Waals surface area contributed by atoms with Crippen LogP contribution in [0.25, 0.3) is 0 Å². The molecule has 0 heterocycles. The van der Waals surface area contributed by atoms with E-state index in [9.17, 15) is 14.4 Å². The van der Waals surface area contributed by atoms with Crippen LogP contribution < -0.4 is 11.1 Å². The van der Waals surface area contributed by atoms with Crippen molar-refractivity contribution in [3.8, 4) is 0 Å². The molecular weight excluding hydrogens is 248 g/mol. The molecule has 19 heavy (non-hydrogen) atoms. The Morgan fingerprint density at radius 2 is 1.84 bits per heavy atom. The van der Waals surface area contributed by atoms with Gasteiger partial charge in [-0.15, -0.1) is 0 Å². The molecule has 102 valence electrons. The summed E-state index contributed by atoms with van der Waals surface area (Å²) in [6.45, 7) is 0. The second kappa shape index (κ2) is 7.15. The highest BCUT2D eigenvalue weighted by atomic mass is 16.4. The Balaban J connectivity index is 2.45. The van der Waals surface area contributed by atoms with Gasteiger partial charge in [-0.2, -0.15) is 0 Å². The van der Waals surface area contributed by atoms with E-state index in [0.717, 1.165) is 5.56 Å². The van der Waals surface area contributed by atoms with Crippen LogP contribution >= 0.6 is 0 Å². The summed E-state index contributed by atoms with van der Waals surface area (Å²) >= 11 is 0. The summed E-state index contributed by atoms with van der Waals surface area (Å²) < 4.78 is 0. The Morgan fingerprint density at radius 3 is 2.37 bits per heavy atom. The molecule has 0 aliphatic heterocycles. The molecule has 1 rings (SSSR count). The Kier molecular flexibility index (Phi) is 5.53. The largest absolute Gasteiger partial charge is 0.480 e. The number of benzene rings is 1. The molecule has 1 aromatic carbocycles. The molecule has 1 atom stereocenters. The summed E-state index contributed by atoms with van der Waals surface area (Å²) in [5, 5.41) is 11.1. The normalized spacial score (nSPS) is 11.6. The lowest BCUT2D eigenvalue weighted by atomic mass is 10.1. The SMILES string of the molecule is NC(=O)C[C@H](NC(=O)CCc1ccccc1)C(=O)O. The average molecular weight is 264 g/mol. The maximum Gasteiger partial charge on any atom is 0.326 e. The summed E-state index contributed by atoms with van der Waals surface area (Å²) in [7, 11) is 0. The number of hydrogen-bond donors (Lipinski definition) is 3. The van der Waals surface area contributed by atoms with Crippen molar-refractivity contribution in [1.82, 2.24) is 5.32 Å². The number of nitrogens with one attached hydrogen (secondary N) is 1. The zero-order valence-electron chi connectivity index (χ0n) is 10.3. The lowest BCUT2D eigenvalue weighted by molar-refractivity contribution is -0.143. The number of carbonyl (C=O) groups is 3. The Morgan fingerprint density at radius 1 is 1.21 bits per heavy atom. The molecule has 6 nitrogen and oxygen atoms in total. The lowest BCUT2D eigenvalue weighted by Gasteiger charge is -2.12. The van der Waals surface area contributed by atoms with Crippen LogP contribution in [0.4, 0.5) is 0 Å². The summed E-state index contributed by atoms with van der Waals surface area (Å²) in [4.78, 5) is 33.1. The van der Waals surface area contributed by atoms with Crippen molar-refractivity contribution in [2.24, 2.45) is 5.73 Å². The molecule has 0 aliphatic rings. The highest BCUT2D eigenvalue weighted by Gasteiger charge is 2.21. The smallest absolute Gasteiger partial charge is 0.326 e. The van der Waals surface area contributed by atoms with Gasteiger partial charge in [-0.25, -0.2) is 4.79 Å². The van der Waals surface area contributed by atoms with E-state index in [-0.39, 0.29) is 6.42 Å². The fraction of sp³-hybridized carbons (Fsp3) is 0.308. The first kappa shape index (κ1) is 14.7. The van der Waals surface area contributed by atoms with Crippen molar-refractivity contribution in [2.45, 2.75) is 25.3 Å². The van der Waals surface area contributed by atoms with Gasteiger partial charge in [0.25, 0.3) is 0 Å². The van der Waals surface area contributed by atoms with Gasteiger partial charge in [0.1, 0.15) is 6.04 Å². The van der Waals surface area contributed by atoms with Gasteiger partial charge in [0.2, 0.25) is 11.8 Å². The quantitative estimate of drug-likeness (QED) is 0.647. The number of aryl methyl sites for hydroxylation is 1. The summed E-state index contributed by atoms with van der Waals surface area (Å²) in [5.41, 5.74) is 5.90. The van der Waals surface area contributed by atoms with E-state index in [1.165, 1.54) is 0 Å². The first-order valence-corrected chi connectivity index (χ1v) is 5.83. The van der Waals surface area contributed by atoms with Crippen LogP contribution in [0.1, 0.15) is 18.4 Å². The number of amides is 2. The minimum absolute atomic E-state index is 0.159. The van der Waals surface area contributed by atoms with Crippen LogP contribution in [0, 0.1) is 0 Å². The predicted octanol–water partition coefficient (Wildman–Crippen LogP) is 0.0640. The van der Waals surface area contributed by atoms with Gasteiger partial charge >= 0.3 is 5.97 Å². The second-order valence-corrected chi connectivity index (χ2v) is 4.11. The Bertz CT molecular complexity index is 459. The van der Waals surface area contributed by atoms with Crippen LogP contribution in [-0.4, -0.2) is 28.9 Å². The number of carboxylic acid groups (broad SMARTS) is 1. The van der Waals surface area contributed by atoms with Crippen molar-refractivity contribution >= 4 is 17.8 Å². The topological polar surface area (TPSA) is 109 Å². The van der Waals surface area contributed by atoms with E-state index in [0.29, 0.717) is 6.42 Å². The molecule has 6 heteroatoms. The average Bonchev–Trinajstić information content (AvgIpc) is 2.36. The van der Waals surface area contributed by atoms with Crippen molar-refractivity contribution in [3.05, 3.63) is 35.9 Å². The van der Waals surface area contributed by atoms with E-state index >= 15 is 0 Å². The van der Waals surface area contributed by atoms with Gasteiger partial charge in [0, 0.05) is 6.42 Å². The van der Waals surface area contributed by atoms with Gasteiger partial charge in [0.05, 0.1) is 6.42 Å². The Labute approximate surface area is 110 Å². The molecule has 2 amide bonds. The van der Waals surface area contributed by atoms with E-state index in [4.69, 9.17) is 10.8 Å². The van der Waals surface area contributed by atoms with Crippen LogP contribution in [-0.2, 0) is 20.8 Å². The number of nitrogens with two attached hydrogens (primary N) is 1. The van der Waals surface area contributed by atoms with Crippen LogP contribution in [0.2, 0.25) is 0 Å². The standard InChI is InChI=1S/C13H16N2O4/c14-11(16)8-10(13(18)19)15-12(17)7-6-9-4-2-1-3-5-9/h1-5,10H,6-8H2,(H2,14,16)(H,15,17)(H,18,19)/t10-/m0/s1. The predicted molar refractivity (Wildman–Crippen MR) is 68.1 cm³/mol. The molecule has 0 aromatic heterocycles. The molecule has 0 saturated carbocycles. The summed E-state index contributed by atoms with van der Waals surface area (Å²) in [5.74, 6) is -2.46. The van der Waals surface area contributed by atoms with E-state index in [1.807, 2.05) is 30.3 Å². The first-order valence-electron chi connectivity index (χ1n) is 5.83. The number of rotatable bonds is 7. The van der Waals surface area contributed by atoms with Crippen molar-refractivity contribution < 1.29 is 19.5 Å². The van der Waals surface area contributed by atoms with Gasteiger partial charge in [0.15, 0.2) is 0 Å². The Hall–Kier alpha value is -2.37. The molecule has 0 spiro atoms. The van der Waals surface area contributed by atoms with Gasteiger partial charge in [-0.05, 0) is 12.0 Å². The third kappa shape index (κ3) is 5.67. The van der Waals surface area contributed by atoms with Crippen molar-refractivity contribution in [2.75, 3.05) is 0 Å². The monoisotopic (exact) mass is 264 g/mol. The molecule has 0 radical (unpaired) electrons. The van der Waals surface area contributed by atoms with E-state index in [1.54, 1.807) is 0 Å². The van der Waals surface area contributed by atoms with Crippen LogP contribution in [0.5, 0.6) is 0 Å². The summed E-state index contributed by atoms with van der Waals surface area (Å²) in [6, 6.07) is 8.09. The third-order valence-corrected chi connectivity index (χ3v) is 2.52. The van der Waals surface area contributed by atoms with Crippen molar-refractivity contribution in [1.29, 1.82) is 0 Å². The molecule has 4 N–H and O–H groups in total. The third-order valence-electron chi connectivity index (χ3n) is 2.52. The minimum Gasteiger partial charge on any atom is -0.480 e. The van der Waals surface area contributed by atoms with Gasteiger partial charge in [-0.3, -0.25) is 9.59 Å². The van der Waals surface area contributed by atoms with Crippen LogP contribution in [0.3, 0.4) is 0 Å². The number of hydrogen-bond acceptors (Lipinski definition) is 3. The zero-order valence-corrected chi connectivity index (χ0v) is 10.3. The van der Waals surface area contributed by atoms with Crippen LogP contribution in [0.15, 0.2) is 30.3 Å². The number of primary amides is 1. The lowest BCUT2D eigenvalue weighted by Crippen LogP contribution is -2.43. The number of carbonyl (C=O) groups excluding carboxylic acids is 2. The molecule has 0 saturated heterocycles. The fourth-order valence-corrected chi connectivity index (χ4v) is 1.57. The molecule has 0 aliphatic carbocycles. The summed E-state index contributed by atoms with van der Waals surface area (Å²) in [6.07, 6.45) is 0.258. The highest BCUT2D eigenvalue weighted by molar-refractivity contribution is 5.88. The van der Waals surface area contributed by atoms with Gasteiger partial charge < -0.3 is 16.2 Å². The maximum absolute atomic E-state index is 11.6. The number of aliphatic carboxylic acids is 1. The van der Waals surface area contributed by atoms with Gasteiger partial charge in [-0.1, -0.05) is 30.3 Å².